The maximum Gasteiger partial charge on any atom is 0.148 e. The molecule has 1 nitrogen and oxygen atoms in total. The van der Waals surface area contributed by atoms with Crippen molar-refractivity contribution >= 4 is 70.7 Å². The molecule has 2 aromatic rings. The number of halogens is 5. The largest absolute Gasteiger partial charge is 0.309 e. The Morgan fingerprint density at radius 2 is 1.95 bits per heavy atom. The summed E-state index contributed by atoms with van der Waals surface area (Å²) >= 11 is 17.6. The number of hydrogen-bond acceptors (Lipinski definition) is 2. The van der Waals surface area contributed by atoms with Crippen LogP contribution < -0.4 is 5.32 Å². The van der Waals surface area contributed by atoms with Crippen molar-refractivity contribution in [2.24, 2.45) is 0 Å². The Balaban J connectivity index is 2.51. The number of benzene rings is 1. The second kappa shape index (κ2) is 6.54. The number of hydrogen-bond donors (Lipinski definition) is 1. The molecule has 0 aliphatic heterocycles. The fourth-order valence-electron chi connectivity index (χ4n) is 1.72. The van der Waals surface area contributed by atoms with Crippen LogP contribution in [0.25, 0.3) is 0 Å². The van der Waals surface area contributed by atoms with E-state index < -0.39 is 5.82 Å². The van der Waals surface area contributed by atoms with Crippen molar-refractivity contribution in [3.8, 4) is 0 Å². The van der Waals surface area contributed by atoms with Crippen LogP contribution >= 0.6 is 70.7 Å². The highest BCUT2D eigenvalue weighted by Gasteiger charge is 2.21. The summed E-state index contributed by atoms with van der Waals surface area (Å²) in [5, 5.41) is 3.22. The Labute approximate surface area is 144 Å². The second-order valence-electron chi connectivity index (χ2n) is 3.76. The molecule has 0 fully saturated rings. The zero-order valence-corrected chi connectivity index (χ0v) is 15.9. The van der Waals surface area contributed by atoms with Gasteiger partial charge in [0.25, 0.3) is 0 Å². The molecule has 0 radical (unpaired) electrons. The zero-order chi connectivity index (χ0) is 14.2. The molecule has 1 aromatic carbocycles. The van der Waals surface area contributed by atoms with Gasteiger partial charge in [0.05, 0.1) is 14.9 Å². The normalized spacial score (nSPS) is 12.7. The van der Waals surface area contributed by atoms with Crippen LogP contribution in [-0.4, -0.2) is 7.05 Å². The number of rotatable bonds is 3. The van der Waals surface area contributed by atoms with Gasteiger partial charge in [-0.1, -0.05) is 17.7 Å². The van der Waals surface area contributed by atoms with E-state index >= 15 is 0 Å². The minimum Gasteiger partial charge on any atom is -0.309 e. The predicted octanol–water partition coefficient (Wildman–Crippen LogP) is 6.14. The third kappa shape index (κ3) is 3.24. The Morgan fingerprint density at radius 3 is 2.47 bits per heavy atom. The molecular weight excluding hydrogens is 484 g/mol. The molecule has 1 N–H and O–H groups in total. The molecule has 7 heteroatoms. The molecule has 0 aliphatic carbocycles. The van der Waals surface area contributed by atoms with Gasteiger partial charge in [-0.25, -0.2) is 4.39 Å². The van der Waals surface area contributed by atoms with Crippen molar-refractivity contribution in [1.29, 1.82) is 0 Å². The number of thiophene rings is 1. The van der Waals surface area contributed by atoms with Gasteiger partial charge in [-0.3, -0.25) is 0 Å². The van der Waals surface area contributed by atoms with Gasteiger partial charge >= 0.3 is 0 Å². The van der Waals surface area contributed by atoms with E-state index in [0.29, 0.717) is 10.0 Å². The Kier molecular flexibility index (Phi) is 5.48. The number of nitrogens with one attached hydrogen (secondary N) is 1. The minimum atomic E-state index is -0.406. The topological polar surface area (TPSA) is 12.0 Å². The molecule has 0 bridgehead atoms. The van der Waals surface area contributed by atoms with E-state index in [1.807, 2.05) is 6.07 Å². The summed E-state index contributed by atoms with van der Waals surface area (Å²) in [5.74, 6) is -0.406. The molecule has 0 aliphatic rings. The third-order valence-electron chi connectivity index (χ3n) is 2.61. The van der Waals surface area contributed by atoms with Gasteiger partial charge in [0, 0.05) is 19.4 Å². The monoisotopic (exact) mass is 489 g/mol. The molecule has 1 unspecified atom stereocenters. The van der Waals surface area contributed by atoms with E-state index in [1.165, 1.54) is 0 Å². The van der Waals surface area contributed by atoms with Crippen molar-refractivity contribution in [3.63, 3.8) is 0 Å². The lowest BCUT2D eigenvalue weighted by molar-refractivity contribution is 0.579. The van der Waals surface area contributed by atoms with Gasteiger partial charge in [0.15, 0.2) is 0 Å². The van der Waals surface area contributed by atoms with Crippen LogP contribution in [0.15, 0.2) is 30.9 Å². The molecule has 1 heterocycles. The Hall–Kier alpha value is 0.540. The van der Waals surface area contributed by atoms with Gasteiger partial charge in [0.2, 0.25) is 0 Å². The molecule has 102 valence electrons. The van der Waals surface area contributed by atoms with Crippen molar-refractivity contribution in [2.75, 3.05) is 7.05 Å². The molecule has 0 saturated heterocycles. The molecule has 0 saturated carbocycles. The van der Waals surface area contributed by atoms with Crippen LogP contribution in [0.4, 0.5) is 4.39 Å². The summed E-state index contributed by atoms with van der Waals surface area (Å²) in [6, 6.07) is 5.21. The van der Waals surface area contributed by atoms with E-state index in [-0.39, 0.29) is 11.1 Å². The highest BCUT2D eigenvalue weighted by atomic mass is 79.9. The smallest absolute Gasteiger partial charge is 0.148 e. The maximum atomic E-state index is 14.3. The summed E-state index contributed by atoms with van der Waals surface area (Å²) in [4.78, 5) is 0.999. The van der Waals surface area contributed by atoms with Crippen LogP contribution in [0.3, 0.4) is 0 Å². The first-order chi connectivity index (χ1) is 8.95. The summed E-state index contributed by atoms with van der Waals surface area (Å²) in [7, 11) is 1.79. The lowest BCUT2D eigenvalue weighted by Gasteiger charge is -2.16. The highest BCUT2D eigenvalue weighted by Crippen LogP contribution is 2.39. The predicted molar refractivity (Wildman–Crippen MR) is 89.7 cm³/mol. The first kappa shape index (κ1) is 15.9. The van der Waals surface area contributed by atoms with E-state index in [4.69, 9.17) is 11.6 Å². The van der Waals surface area contributed by atoms with E-state index in [0.717, 1.165) is 13.1 Å². The van der Waals surface area contributed by atoms with Gasteiger partial charge in [-0.2, -0.15) is 0 Å². The molecule has 1 aromatic heterocycles. The van der Waals surface area contributed by atoms with Crippen LogP contribution in [-0.2, 0) is 0 Å². The van der Waals surface area contributed by atoms with E-state index in [9.17, 15) is 4.39 Å². The zero-order valence-electron chi connectivity index (χ0n) is 9.61. The van der Waals surface area contributed by atoms with Crippen molar-refractivity contribution in [1.82, 2.24) is 5.32 Å². The van der Waals surface area contributed by atoms with Crippen LogP contribution in [0.1, 0.15) is 16.5 Å². The van der Waals surface area contributed by atoms with Gasteiger partial charge in [-0.15, -0.1) is 11.3 Å². The molecule has 0 amide bonds. The second-order valence-corrected chi connectivity index (χ2v) is 8.24. The Morgan fingerprint density at radius 1 is 1.26 bits per heavy atom. The van der Waals surface area contributed by atoms with E-state index in [2.05, 4.69) is 53.1 Å². The van der Waals surface area contributed by atoms with Gasteiger partial charge in [-0.05, 0) is 67.0 Å². The minimum absolute atomic E-state index is 0.104. The van der Waals surface area contributed by atoms with Crippen molar-refractivity contribution in [3.05, 3.63) is 52.2 Å². The summed E-state index contributed by atoms with van der Waals surface area (Å²) in [6.07, 6.45) is 0. The fourth-order valence-corrected chi connectivity index (χ4v) is 4.42. The van der Waals surface area contributed by atoms with Gasteiger partial charge < -0.3 is 5.32 Å². The lowest BCUT2D eigenvalue weighted by atomic mass is 10.1. The lowest BCUT2D eigenvalue weighted by Crippen LogP contribution is -2.18. The fraction of sp³-hybridized carbons (Fsp3) is 0.167. The van der Waals surface area contributed by atoms with Crippen molar-refractivity contribution in [2.45, 2.75) is 6.04 Å². The molecule has 0 spiro atoms. The summed E-state index contributed by atoms with van der Waals surface area (Å²) in [5.41, 5.74) is 0.525. The highest BCUT2D eigenvalue weighted by molar-refractivity contribution is 9.13. The molecule has 19 heavy (non-hydrogen) atoms. The van der Waals surface area contributed by atoms with Crippen molar-refractivity contribution < 1.29 is 4.39 Å². The quantitative estimate of drug-likeness (QED) is 0.508. The summed E-state index contributed by atoms with van der Waals surface area (Å²) in [6.45, 7) is 0. The first-order valence-corrected chi connectivity index (χ1v) is 8.78. The Bertz CT molecular complexity index is 598. The summed E-state index contributed by atoms with van der Waals surface area (Å²) < 4.78 is 16.8. The van der Waals surface area contributed by atoms with Crippen LogP contribution in [0.5, 0.6) is 0 Å². The van der Waals surface area contributed by atoms with E-state index in [1.54, 1.807) is 30.5 Å². The average Bonchev–Trinajstić information content (AvgIpc) is 2.70. The standard InChI is InChI=1S/C12H8Br3ClFNS/c1-18-11(8-4-7(14)12(15)19-8)5-2-3-6(13)9(16)10(5)17/h2-4,11,18H,1H3. The van der Waals surface area contributed by atoms with Crippen LogP contribution in [0, 0.1) is 5.82 Å². The van der Waals surface area contributed by atoms with Crippen LogP contribution in [0.2, 0.25) is 5.02 Å². The molecular formula is C12H8Br3ClFNS. The molecule has 2 rings (SSSR count). The first-order valence-electron chi connectivity index (χ1n) is 5.21. The third-order valence-corrected chi connectivity index (χ3v) is 7.19. The maximum absolute atomic E-state index is 14.3. The average molecular weight is 492 g/mol. The SMILES string of the molecule is CNC(c1cc(Br)c(Br)s1)c1ccc(Br)c(Cl)c1F. The van der Waals surface area contributed by atoms with Gasteiger partial charge in [0.1, 0.15) is 5.82 Å². The molecule has 1 atom stereocenters.